The van der Waals surface area contributed by atoms with Crippen LogP contribution in [0.1, 0.15) is 46.4 Å². The van der Waals surface area contributed by atoms with Crippen molar-refractivity contribution in [2.45, 2.75) is 31.7 Å². The number of terminal acetylenes is 1. The first-order chi connectivity index (χ1) is 13.9. The first-order valence-electron chi connectivity index (χ1n) is 9.32. The van der Waals surface area contributed by atoms with Crippen LogP contribution in [0.2, 0.25) is 0 Å². The Morgan fingerprint density at radius 3 is 2.52 bits per heavy atom. The average Bonchev–Trinajstić information content (AvgIpc) is 2.92. The van der Waals surface area contributed by atoms with E-state index in [2.05, 4.69) is 11.2 Å². The standard InChI is InChI=1S/C20H21FN4O4/c1-2-3-8-24(9-4-7-22)16-11-13-12(10-14(16)21)19(28)25(20(13)29)15-5-6-17(26)23-18(15)27/h1,10-11,15H,3-9,22H2,(H,23,26,27). The molecule has 4 amide bonds. The first kappa shape index (κ1) is 20.5. The Bertz CT molecular complexity index is 924. The monoisotopic (exact) mass is 400 g/mol. The van der Waals surface area contributed by atoms with Crippen LogP contribution < -0.4 is 16.0 Å². The van der Waals surface area contributed by atoms with Gasteiger partial charge in [0.1, 0.15) is 11.9 Å². The van der Waals surface area contributed by atoms with E-state index in [1.165, 1.54) is 6.07 Å². The number of carbonyl (C=O) groups excluding carboxylic acids is 4. The average molecular weight is 400 g/mol. The molecular formula is C20H21FN4O4. The van der Waals surface area contributed by atoms with Gasteiger partial charge in [-0.15, -0.1) is 12.3 Å². The van der Waals surface area contributed by atoms with Gasteiger partial charge in [-0.05, 0) is 31.5 Å². The normalized spacial score (nSPS) is 18.5. The number of anilines is 1. The Labute approximate surface area is 167 Å². The van der Waals surface area contributed by atoms with Gasteiger partial charge in [-0.1, -0.05) is 0 Å². The van der Waals surface area contributed by atoms with Crippen LogP contribution in [0.3, 0.4) is 0 Å². The van der Waals surface area contributed by atoms with Gasteiger partial charge in [0.15, 0.2) is 0 Å². The van der Waals surface area contributed by atoms with Crippen LogP contribution >= 0.6 is 0 Å². The number of piperidine rings is 1. The summed E-state index contributed by atoms with van der Waals surface area (Å²) in [6, 6.07) is 1.24. The number of fused-ring (bicyclic) bond motifs is 1. The van der Waals surface area contributed by atoms with Crippen LogP contribution in [0.15, 0.2) is 12.1 Å². The van der Waals surface area contributed by atoms with Crippen LogP contribution in [0.25, 0.3) is 0 Å². The highest BCUT2D eigenvalue weighted by atomic mass is 19.1. The number of imide groups is 2. The van der Waals surface area contributed by atoms with Gasteiger partial charge < -0.3 is 10.6 Å². The molecule has 2 heterocycles. The van der Waals surface area contributed by atoms with Crippen LogP contribution in [0, 0.1) is 18.2 Å². The molecule has 1 aromatic carbocycles. The van der Waals surface area contributed by atoms with Crippen molar-refractivity contribution < 1.29 is 23.6 Å². The van der Waals surface area contributed by atoms with E-state index in [4.69, 9.17) is 12.2 Å². The summed E-state index contributed by atoms with van der Waals surface area (Å²) in [5.74, 6) is -0.772. The maximum absolute atomic E-state index is 14.8. The van der Waals surface area contributed by atoms with E-state index < -0.39 is 35.5 Å². The van der Waals surface area contributed by atoms with E-state index in [0.717, 1.165) is 11.0 Å². The van der Waals surface area contributed by atoms with Gasteiger partial charge in [0.25, 0.3) is 11.8 Å². The van der Waals surface area contributed by atoms with Gasteiger partial charge in [-0.25, -0.2) is 4.39 Å². The fraction of sp³-hybridized carbons (Fsp3) is 0.400. The molecule has 2 aliphatic rings. The summed E-state index contributed by atoms with van der Waals surface area (Å²) in [6.07, 6.45) is 6.33. The molecule has 2 aliphatic heterocycles. The molecule has 1 unspecified atom stereocenters. The van der Waals surface area contributed by atoms with Gasteiger partial charge in [0.2, 0.25) is 11.8 Å². The third-order valence-electron chi connectivity index (χ3n) is 5.01. The smallest absolute Gasteiger partial charge is 0.262 e. The number of nitrogens with zero attached hydrogens (tertiary/aromatic N) is 2. The van der Waals surface area contributed by atoms with E-state index >= 15 is 0 Å². The Balaban J connectivity index is 1.94. The third-order valence-corrected chi connectivity index (χ3v) is 5.01. The van der Waals surface area contributed by atoms with E-state index in [-0.39, 0.29) is 29.7 Å². The number of benzene rings is 1. The number of halogens is 1. The van der Waals surface area contributed by atoms with Crippen molar-refractivity contribution in [1.29, 1.82) is 0 Å². The zero-order valence-corrected chi connectivity index (χ0v) is 15.7. The minimum Gasteiger partial charge on any atom is -0.368 e. The predicted molar refractivity (Wildman–Crippen MR) is 102 cm³/mol. The SMILES string of the molecule is C#CCCN(CCCN)c1cc2c(cc1F)C(=O)N(C1CCC(=O)NC1=O)C2=O. The predicted octanol–water partition coefficient (Wildman–Crippen LogP) is 0.405. The lowest BCUT2D eigenvalue weighted by molar-refractivity contribution is -0.136. The van der Waals surface area contributed by atoms with Crippen molar-refractivity contribution in [3.05, 3.63) is 29.1 Å². The molecule has 3 N–H and O–H groups in total. The molecule has 0 aliphatic carbocycles. The molecule has 152 valence electrons. The summed E-state index contributed by atoms with van der Waals surface area (Å²) in [7, 11) is 0. The van der Waals surface area contributed by atoms with Gasteiger partial charge >= 0.3 is 0 Å². The highest BCUT2D eigenvalue weighted by Gasteiger charge is 2.45. The maximum atomic E-state index is 14.8. The van der Waals surface area contributed by atoms with Crippen molar-refractivity contribution in [2.75, 3.05) is 24.5 Å². The Kier molecular flexibility index (Phi) is 5.94. The number of nitrogens with one attached hydrogen (secondary N) is 1. The van der Waals surface area contributed by atoms with Gasteiger partial charge in [-0.3, -0.25) is 29.4 Å². The molecular weight excluding hydrogens is 379 g/mol. The van der Waals surface area contributed by atoms with Gasteiger partial charge in [-0.2, -0.15) is 0 Å². The van der Waals surface area contributed by atoms with Crippen LogP contribution in [-0.2, 0) is 9.59 Å². The molecule has 8 nitrogen and oxygen atoms in total. The molecule has 1 atom stereocenters. The highest BCUT2D eigenvalue weighted by molar-refractivity contribution is 6.23. The van der Waals surface area contributed by atoms with E-state index in [1.807, 2.05) is 0 Å². The molecule has 1 fully saturated rings. The molecule has 1 saturated heterocycles. The lowest BCUT2D eigenvalue weighted by atomic mass is 10.0. The second-order valence-corrected chi connectivity index (χ2v) is 6.88. The summed E-state index contributed by atoms with van der Waals surface area (Å²) < 4.78 is 14.8. The lowest BCUT2D eigenvalue weighted by Crippen LogP contribution is -2.54. The molecule has 29 heavy (non-hydrogen) atoms. The number of hydrogen-bond donors (Lipinski definition) is 2. The topological polar surface area (TPSA) is 113 Å². The van der Waals surface area contributed by atoms with Gasteiger partial charge in [0, 0.05) is 25.9 Å². The van der Waals surface area contributed by atoms with Crippen molar-refractivity contribution in [1.82, 2.24) is 10.2 Å². The second kappa shape index (κ2) is 8.41. The van der Waals surface area contributed by atoms with Crippen LogP contribution in [-0.4, -0.2) is 54.2 Å². The molecule has 3 rings (SSSR count). The summed E-state index contributed by atoms with van der Waals surface area (Å²) >= 11 is 0. The van der Waals surface area contributed by atoms with E-state index in [1.54, 1.807) is 4.90 Å². The molecule has 1 aromatic rings. The largest absolute Gasteiger partial charge is 0.368 e. The molecule has 0 saturated carbocycles. The van der Waals surface area contributed by atoms with Crippen molar-refractivity contribution in [3.63, 3.8) is 0 Å². The summed E-state index contributed by atoms with van der Waals surface area (Å²) in [5, 5.41) is 2.12. The van der Waals surface area contributed by atoms with E-state index in [0.29, 0.717) is 32.5 Å². The van der Waals surface area contributed by atoms with E-state index in [9.17, 15) is 23.6 Å². The number of amides is 4. The van der Waals surface area contributed by atoms with Crippen molar-refractivity contribution in [2.24, 2.45) is 5.73 Å². The fourth-order valence-corrected chi connectivity index (χ4v) is 3.56. The lowest BCUT2D eigenvalue weighted by Gasteiger charge is -2.27. The highest BCUT2D eigenvalue weighted by Crippen LogP contribution is 2.32. The Morgan fingerprint density at radius 2 is 1.90 bits per heavy atom. The molecule has 0 spiro atoms. The Morgan fingerprint density at radius 1 is 1.21 bits per heavy atom. The minimum absolute atomic E-state index is 0.0162. The molecule has 0 aromatic heterocycles. The fourth-order valence-electron chi connectivity index (χ4n) is 3.56. The number of nitrogens with two attached hydrogens (primary N) is 1. The first-order valence-corrected chi connectivity index (χ1v) is 9.32. The molecule has 0 radical (unpaired) electrons. The zero-order valence-electron chi connectivity index (χ0n) is 15.7. The number of rotatable bonds is 7. The zero-order chi connectivity index (χ0) is 21.1. The van der Waals surface area contributed by atoms with Crippen LogP contribution in [0.4, 0.5) is 10.1 Å². The maximum Gasteiger partial charge on any atom is 0.262 e. The van der Waals surface area contributed by atoms with Crippen molar-refractivity contribution >= 4 is 29.3 Å². The number of hydrogen-bond acceptors (Lipinski definition) is 6. The van der Waals surface area contributed by atoms with Crippen LogP contribution in [0.5, 0.6) is 0 Å². The van der Waals surface area contributed by atoms with Crippen molar-refractivity contribution in [3.8, 4) is 12.3 Å². The molecule has 9 heteroatoms. The quantitative estimate of drug-likeness (QED) is 0.506. The Hall–Kier alpha value is -3.25. The minimum atomic E-state index is -1.10. The molecule has 0 bridgehead atoms. The summed E-state index contributed by atoms with van der Waals surface area (Å²) in [5.41, 5.74) is 5.62. The third kappa shape index (κ3) is 3.84. The summed E-state index contributed by atoms with van der Waals surface area (Å²) in [6.45, 7) is 1.21. The summed E-state index contributed by atoms with van der Waals surface area (Å²) in [4.78, 5) is 51.6. The number of carbonyl (C=O) groups is 4. The second-order valence-electron chi connectivity index (χ2n) is 6.88. The van der Waals surface area contributed by atoms with Gasteiger partial charge in [0.05, 0.1) is 16.8 Å².